The zero-order valence-corrected chi connectivity index (χ0v) is 11.8. The molecule has 1 aromatic rings. The molecule has 0 aromatic heterocycles. The molecular weight excluding hydrogens is 238 g/mol. The van der Waals surface area contributed by atoms with Gasteiger partial charge in [-0.05, 0) is 54.7 Å². The monoisotopic (exact) mass is 261 g/mol. The smallest absolute Gasteiger partial charge is 0.161 e. The highest BCUT2D eigenvalue weighted by Gasteiger charge is 2.42. The number of fused-ring (bicyclic) bond motifs is 2. The number of benzene rings is 1. The first-order valence-corrected chi connectivity index (χ1v) is 7.20. The molecule has 0 amide bonds. The average Bonchev–Trinajstić information content (AvgIpc) is 3.08. The molecule has 2 fully saturated rings. The number of ether oxygens (including phenoxy) is 2. The molecule has 0 spiro atoms. The number of hydrogen-bond acceptors (Lipinski definition) is 3. The lowest BCUT2D eigenvalue weighted by Crippen LogP contribution is -2.25. The minimum absolute atomic E-state index is 0.134. The summed E-state index contributed by atoms with van der Waals surface area (Å²) in [5.41, 5.74) is 7.68. The summed E-state index contributed by atoms with van der Waals surface area (Å²) in [4.78, 5) is 0. The molecule has 3 rings (SSSR count). The summed E-state index contributed by atoms with van der Waals surface area (Å²) in [6, 6.07) is 6.21. The van der Waals surface area contributed by atoms with Crippen LogP contribution in [0.2, 0.25) is 0 Å². The van der Waals surface area contributed by atoms with E-state index in [9.17, 15) is 0 Å². The Balaban J connectivity index is 1.81. The second kappa shape index (κ2) is 5.04. The van der Waals surface area contributed by atoms with Crippen molar-refractivity contribution in [1.82, 2.24) is 0 Å². The van der Waals surface area contributed by atoms with Crippen LogP contribution in [0.4, 0.5) is 0 Å². The Kier molecular flexibility index (Phi) is 3.40. The Labute approximate surface area is 115 Å². The van der Waals surface area contributed by atoms with Gasteiger partial charge < -0.3 is 15.2 Å². The van der Waals surface area contributed by atoms with E-state index in [1.807, 2.05) is 12.1 Å². The van der Waals surface area contributed by atoms with Crippen molar-refractivity contribution >= 4 is 0 Å². The maximum atomic E-state index is 6.51. The summed E-state index contributed by atoms with van der Waals surface area (Å²) < 4.78 is 10.7. The van der Waals surface area contributed by atoms with Crippen molar-refractivity contribution in [2.75, 3.05) is 14.2 Å². The van der Waals surface area contributed by atoms with Crippen LogP contribution >= 0.6 is 0 Å². The minimum atomic E-state index is 0.134. The summed E-state index contributed by atoms with van der Waals surface area (Å²) in [6.07, 6.45) is 5.49. The molecule has 0 saturated heterocycles. The lowest BCUT2D eigenvalue weighted by atomic mass is 9.81. The third-order valence-electron chi connectivity index (χ3n) is 5.05. The van der Waals surface area contributed by atoms with Gasteiger partial charge in [0.2, 0.25) is 0 Å². The molecule has 3 nitrogen and oxygen atoms in total. The SMILES string of the molecule is COc1ccc(C(N)C2CC3CCC2C3)cc1OC. The first-order valence-electron chi connectivity index (χ1n) is 7.20. The van der Waals surface area contributed by atoms with Gasteiger partial charge in [-0.15, -0.1) is 0 Å². The van der Waals surface area contributed by atoms with Crippen LogP contribution in [0.5, 0.6) is 11.5 Å². The topological polar surface area (TPSA) is 44.5 Å². The maximum absolute atomic E-state index is 6.51. The van der Waals surface area contributed by atoms with Crippen LogP contribution in [0.15, 0.2) is 18.2 Å². The van der Waals surface area contributed by atoms with Gasteiger partial charge in [0.1, 0.15) is 0 Å². The van der Waals surface area contributed by atoms with Crippen LogP contribution in [0, 0.1) is 17.8 Å². The Morgan fingerprint density at radius 2 is 1.89 bits per heavy atom. The fraction of sp³-hybridized carbons (Fsp3) is 0.625. The highest BCUT2D eigenvalue weighted by molar-refractivity contribution is 5.44. The van der Waals surface area contributed by atoms with Crippen LogP contribution in [-0.2, 0) is 0 Å². The summed E-state index contributed by atoms with van der Waals surface area (Å²) in [6.45, 7) is 0. The predicted octanol–water partition coefficient (Wildman–Crippen LogP) is 3.14. The summed E-state index contributed by atoms with van der Waals surface area (Å²) in [5, 5.41) is 0. The molecule has 2 bridgehead atoms. The predicted molar refractivity (Wildman–Crippen MR) is 75.4 cm³/mol. The van der Waals surface area contributed by atoms with E-state index in [0.29, 0.717) is 5.92 Å². The maximum Gasteiger partial charge on any atom is 0.161 e. The van der Waals surface area contributed by atoms with Gasteiger partial charge in [0.05, 0.1) is 14.2 Å². The van der Waals surface area contributed by atoms with Gasteiger partial charge in [-0.25, -0.2) is 0 Å². The van der Waals surface area contributed by atoms with Gasteiger partial charge in [-0.1, -0.05) is 12.5 Å². The van der Waals surface area contributed by atoms with E-state index in [1.54, 1.807) is 14.2 Å². The van der Waals surface area contributed by atoms with E-state index < -0.39 is 0 Å². The molecule has 4 atom stereocenters. The van der Waals surface area contributed by atoms with E-state index in [-0.39, 0.29) is 6.04 Å². The average molecular weight is 261 g/mol. The van der Waals surface area contributed by atoms with Gasteiger partial charge in [0.25, 0.3) is 0 Å². The summed E-state index contributed by atoms with van der Waals surface area (Å²) >= 11 is 0. The van der Waals surface area contributed by atoms with Crippen molar-refractivity contribution in [2.24, 2.45) is 23.5 Å². The lowest BCUT2D eigenvalue weighted by Gasteiger charge is -2.28. The van der Waals surface area contributed by atoms with Gasteiger partial charge in [0.15, 0.2) is 11.5 Å². The second-order valence-electron chi connectivity index (χ2n) is 5.98. The van der Waals surface area contributed by atoms with Crippen molar-refractivity contribution in [3.8, 4) is 11.5 Å². The third-order valence-corrected chi connectivity index (χ3v) is 5.05. The van der Waals surface area contributed by atoms with Crippen molar-refractivity contribution in [1.29, 1.82) is 0 Å². The van der Waals surface area contributed by atoms with Gasteiger partial charge >= 0.3 is 0 Å². The molecule has 3 heteroatoms. The number of hydrogen-bond donors (Lipinski definition) is 1. The van der Waals surface area contributed by atoms with Crippen LogP contribution in [-0.4, -0.2) is 14.2 Å². The van der Waals surface area contributed by atoms with Crippen molar-refractivity contribution in [2.45, 2.75) is 31.7 Å². The van der Waals surface area contributed by atoms with Gasteiger partial charge in [-0.2, -0.15) is 0 Å². The van der Waals surface area contributed by atoms with E-state index in [4.69, 9.17) is 15.2 Å². The van der Waals surface area contributed by atoms with E-state index >= 15 is 0 Å². The molecule has 2 N–H and O–H groups in total. The molecule has 2 saturated carbocycles. The molecule has 0 heterocycles. The quantitative estimate of drug-likeness (QED) is 0.905. The van der Waals surface area contributed by atoms with E-state index in [1.165, 1.54) is 31.2 Å². The Bertz CT molecular complexity index is 460. The van der Waals surface area contributed by atoms with Crippen LogP contribution in [0.3, 0.4) is 0 Å². The first kappa shape index (κ1) is 12.8. The summed E-state index contributed by atoms with van der Waals surface area (Å²) in [7, 11) is 3.33. The molecular formula is C16H23NO2. The molecule has 2 aliphatic carbocycles. The van der Waals surface area contributed by atoms with E-state index in [2.05, 4.69) is 6.07 Å². The standard InChI is InChI=1S/C16H23NO2/c1-18-14-6-5-12(9-15(14)19-2)16(17)13-8-10-3-4-11(13)7-10/h5-6,9-11,13,16H,3-4,7-8,17H2,1-2H3. The number of nitrogens with two attached hydrogens (primary N) is 1. The Hall–Kier alpha value is -1.22. The molecule has 2 aliphatic rings. The molecule has 1 aromatic carbocycles. The second-order valence-corrected chi connectivity index (χ2v) is 5.98. The lowest BCUT2D eigenvalue weighted by molar-refractivity contribution is 0.283. The van der Waals surface area contributed by atoms with Gasteiger partial charge in [0, 0.05) is 6.04 Å². The van der Waals surface area contributed by atoms with Crippen molar-refractivity contribution in [3.05, 3.63) is 23.8 Å². The van der Waals surface area contributed by atoms with Crippen molar-refractivity contribution in [3.63, 3.8) is 0 Å². The highest BCUT2D eigenvalue weighted by atomic mass is 16.5. The van der Waals surface area contributed by atoms with Crippen LogP contribution < -0.4 is 15.2 Å². The van der Waals surface area contributed by atoms with Crippen LogP contribution in [0.1, 0.15) is 37.3 Å². The Morgan fingerprint density at radius 3 is 2.47 bits per heavy atom. The normalized spacial score (nSPS) is 30.4. The third kappa shape index (κ3) is 2.20. The van der Waals surface area contributed by atoms with Crippen molar-refractivity contribution < 1.29 is 9.47 Å². The molecule has 0 radical (unpaired) electrons. The first-order chi connectivity index (χ1) is 9.22. The van der Waals surface area contributed by atoms with Crippen LogP contribution in [0.25, 0.3) is 0 Å². The highest BCUT2D eigenvalue weighted by Crippen LogP contribution is 2.52. The largest absolute Gasteiger partial charge is 0.493 e. The van der Waals surface area contributed by atoms with Gasteiger partial charge in [-0.3, -0.25) is 0 Å². The zero-order chi connectivity index (χ0) is 13.4. The summed E-state index contributed by atoms with van der Waals surface area (Å²) in [5.74, 6) is 3.97. The Morgan fingerprint density at radius 1 is 1.11 bits per heavy atom. The molecule has 4 unspecified atom stereocenters. The fourth-order valence-corrected chi connectivity index (χ4v) is 4.04. The fourth-order valence-electron chi connectivity index (χ4n) is 4.04. The number of methoxy groups -OCH3 is 2. The zero-order valence-electron chi connectivity index (χ0n) is 11.8. The number of rotatable bonds is 4. The molecule has 0 aliphatic heterocycles. The van der Waals surface area contributed by atoms with E-state index in [0.717, 1.165) is 23.3 Å². The molecule has 19 heavy (non-hydrogen) atoms. The minimum Gasteiger partial charge on any atom is -0.493 e. The molecule has 104 valence electrons.